The van der Waals surface area contributed by atoms with Crippen molar-refractivity contribution >= 4 is 127 Å². The molecule has 8 aromatic carbocycles. The second kappa shape index (κ2) is 31.7. The van der Waals surface area contributed by atoms with Crippen molar-refractivity contribution in [2.75, 3.05) is 5.32 Å². The summed E-state index contributed by atoms with van der Waals surface area (Å²) in [5, 5.41) is 108. The number of benzene rings is 8. The van der Waals surface area contributed by atoms with Gasteiger partial charge in [-0.3, -0.25) is 14.4 Å². The van der Waals surface area contributed by atoms with Crippen LogP contribution in [-0.4, -0.2) is 162 Å². The van der Waals surface area contributed by atoms with E-state index < -0.39 is 192 Å². The number of urea groups is 1. The summed E-state index contributed by atoms with van der Waals surface area (Å²) in [4.78, 5) is 182. The molecular weight excluding hydrogens is 1400 g/mol. The van der Waals surface area contributed by atoms with Crippen molar-refractivity contribution in [1.29, 1.82) is 0 Å². The molecule has 3 atom stereocenters. The van der Waals surface area contributed by atoms with Gasteiger partial charge >= 0.3 is 59.8 Å². The van der Waals surface area contributed by atoms with Gasteiger partial charge in [0.15, 0.2) is 0 Å². The van der Waals surface area contributed by atoms with Crippen LogP contribution in [0.1, 0.15) is 117 Å². The number of nitrogens with one attached hydrogen (secondary N) is 8. The Balaban J connectivity index is 0.942. The average molecular weight is 1470 g/mol. The average Bonchev–Trinajstić information content (AvgIpc) is 1.64. The molecule has 5 amide bonds. The maximum atomic E-state index is 14.8. The van der Waals surface area contributed by atoms with Gasteiger partial charge in [0.05, 0.1) is 33.4 Å². The number of amides is 5. The van der Waals surface area contributed by atoms with Crippen molar-refractivity contribution < 1.29 is 108 Å². The minimum Gasteiger partial charge on any atom is -0.480 e. The van der Waals surface area contributed by atoms with Crippen LogP contribution < -0.4 is 26.6 Å². The van der Waals surface area contributed by atoms with E-state index in [4.69, 9.17) is 0 Å². The van der Waals surface area contributed by atoms with Crippen molar-refractivity contribution in [3.05, 3.63) is 220 Å². The van der Waals surface area contributed by atoms with Gasteiger partial charge in [-0.25, -0.2) is 47.9 Å². The lowest BCUT2D eigenvalue weighted by Gasteiger charge is -2.35. The lowest BCUT2D eigenvalue weighted by Crippen LogP contribution is -2.53. The van der Waals surface area contributed by atoms with Crippen LogP contribution in [0.3, 0.4) is 0 Å². The fourth-order valence-corrected chi connectivity index (χ4v) is 13.3. The fourth-order valence-electron chi connectivity index (χ4n) is 13.3. The van der Waals surface area contributed by atoms with E-state index in [1.165, 1.54) is 36.4 Å². The van der Waals surface area contributed by atoms with Gasteiger partial charge in [-0.05, 0) is 148 Å². The molecule has 0 aliphatic rings. The lowest BCUT2D eigenvalue weighted by atomic mass is 9.83. The van der Waals surface area contributed by atoms with E-state index in [1.54, 1.807) is 109 Å². The standard InChI is InChI=1S/C78H66N8O22/c87-62(80-59(74(102)103)35-53-50-11-3-6-14-56(50)83-65(53)40-25-43(68(90)91)31-44(26-40)69(92)93)19-22-78(86-77(108)79-49-18-17-38-9-1-2-10-39(38)34-49,23-20-63(88)81-60(75(104)105)36-54-51-12-4-7-15-57(51)84-66(54)41-27-45(70(94)95)32-46(28-41)71(96)97)24-21-64(89)82-61(76(106)107)37-55-52-13-5-8-16-58(52)85-67(55)42-29-47(72(98)99)33-48(30-42)73(100)101/h1-18,25-34,59-61,83-85H,19-24,35-37H2,(H,80,87)(H,81,88)(H,82,89)(H,90,91)(H,92,93)(H,94,95)(H,96,97)(H,98,99)(H,100,101)(H,102,103)(H,104,105)(H,106,107)(H2,79,86,108). The third-order valence-corrected chi connectivity index (χ3v) is 18.6. The maximum absolute atomic E-state index is 14.8. The molecule has 3 unspecified atom stereocenters. The van der Waals surface area contributed by atoms with E-state index in [1.807, 2.05) is 6.07 Å². The zero-order chi connectivity index (χ0) is 77.4. The number of carbonyl (C=O) groups is 13. The van der Waals surface area contributed by atoms with Crippen LogP contribution >= 0.6 is 0 Å². The van der Waals surface area contributed by atoms with Gasteiger partial charge in [0.2, 0.25) is 17.7 Å². The molecule has 108 heavy (non-hydrogen) atoms. The van der Waals surface area contributed by atoms with Gasteiger partial charge in [-0.2, -0.15) is 0 Å². The number of aromatic amines is 3. The highest BCUT2D eigenvalue weighted by molar-refractivity contribution is 6.03. The number of aromatic carboxylic acids is 6. The summed E-state index contributed by atoms with van der Waals surface area (Å²) in [6.45, 7) is 0. The molecule has 0 spiro atoms. The van der Waals surface area contributed by atoms with Crippen LogP contribution in [-0.2, 0) is 48.0 Å². The molecular formula is C78H66N8O22. The van der Waals surface area contributed by atoms with Gasteiger partial charge in [0, 0.05) is 99.5 Å². The Morgan fingerprint density at radius 2 is 0.620 bits per heavy atom. The lowest BCUT2D eigenvalue weighted by molar-refractivity contribution is -0.142. The number of carboxylic acids is 9. The molecule has 11 aromatic rings. The highest BCUT2D eigenvalue weighted by Gasteiger charge is 2.37. The molecule has 0 radical (unpaired) electrons. The van der Waals surface area contributed by atoms with E-state index in [0.29, 0.717) is 38.1 Å². The summed E-state index contributed by atoms with van der Waals surface area (Å²) < 4.78 is 0. The number of para-hydroxylation sites is 3. The predicted molar refractivity (Wildman–Crippen MR) is 389 cm³/mol. The van der Waals surface area contributed by atoms with Crippen molar-refractivity contribution in [3.8, 4) is 33.8 Å². The van der Waals surface area contributed by atoms with Crippen LogP contribution in [0.5, 0.6) is 0 Å². The number of carboxylic acid groups (broad SMARTS) is 9. The van der Waals surface area contributed by atoms with Crippen LogP contribution in [0.25, 0.3) is 77.3 Å². The largest absolute Gasteiger partial charge is 0.480 e. The summed E-state index contributed by atoms with van der Waals surface area (Å²) in [5.74, 6) is -16.6. The minimum atomic E-state index is -1.99. The second-order valence-electron chi connectivity index (χ2n) is 25.7. The summed E-state index contributed by atoms with van der Waals surface area (Å²) in [6.07, 6.45) is -5.47. The van der Waals surface area contributed by atoms with E-state index in [0.717, 1.165) is 23.6 Å². The Bertz CT molecular complexity index is 4980. The van der Waals surface area contributed by atoms with E-state index in [2.05, 4.69) is 41.5 Å². The zero-order valence-corrected chi connectivity index (χ0v) is 56.6. The van der Waals surface area contributed by atoms with Crippen molar-refractivity contribution in [2.45, 2.75) is 81.5 Å². The third kappa shape index (κ3) is 17.1. The Hall–Kier alpha value is -14.5. The summed E-state index contributed by atoms with van der Waals surface area (Å²) in [6, 6.07) is 35.0. The Morgan fingerprint density at radius 3 is 0.917 bits per heavy atom. The first-order valence-corrected chi connectivity index (χ1v) is 33.3. The number of fused-ring (bicyclic) bond motifs is 4. The van der Waals surface area contributed by atoms with Gasteiger partial charge in [0.25, 0.3) is 0 Å². The third-order valence-electron chi connectivity index (χ3n) is 18.6. The summed E-state index contributed by atoms with van der Waals surface area (Å²) in [5.41, 5.74) is -1.99. The first kappa shape index (κ1) is 74.7. The van der Waals surface area contributed by atoms with Crippen molar-refractivity contribution in [1.82, 2.24) is 36.2 Å². The van der Waals surface area contributed by atoms with Crippen LogP contribution in [0.2, 0.25) is 0 Å². The summed E-state index contributed by atoms with van der Waals surface area (Å²) in [7, 11) is 0. The molecule has 30 nitrogen and oxygen atoms in total. The normalized spacial score (nSPS) is 12.6. The zero-order valence-electron chi connectivity index (χ0n) is 56.6. The number of anilines is 1. The smallest absolute Gasteiger partial charge is 0.335 e. The number of hydrogen-bond donors (Lipinski definition) is 17. The Labute approximate surface area is 609 Å². The van der Waals surface area contributed by atoms with Crippen molar-refractivity contribution in [2.24, 2.45) is 0 Å². The Morgan fingerprint density at radius 1 is 0.333 bits per heavy atom. The molecule has 0 aliphatic carbocycles. The predicted octanol–water partition coefficient (Wildman–Crippen LogP) is 10.1. The second-order valence-corrected chi connectivity index (χ2v) is 25.7. The SMILES string of the molecule is O=C(CCC(CCC(=O)NC(Cc1c(-c2cc(C(=O)O)cc(C(=O)O)c2)[nH]c2ccccc12)C(=O)O)(CCC(=O)NC(Cc1c(-c2cc(C(=O)O)cc(C(=O)O)c2)[nH]c2ccccc12)C(=O)O)NC(=O)Nc1ccc2ccccc2c1)NC(Cc1c(-c2cc(C(=O)O)cc(C(=O)O)c2)[nH]c2ccccc12)C(=O)O. The number of H-pyrrole nitrogens is 3. The number of aliphatic carboxylic acids is 3. The van der Waals surface area contributed by atoms with Crippen LogP contribution in [0.15, 0.2) is 170 Å². The molecule has 0 fully saturated rings. The Kier molecular flexibility index (Phi) is 21.9. The topological polar surface area (TPSA) is 512 Å². The maximum Gasteiger partial charge on any atom is 0.335 e. The highest BCUT2D eigenvalue weighted by Crippen LogP contribution is 2.38. The fraction of sp³-hybridized carbons (Fsp3) is 0.167. The highest BCUT2D eigenvalue weighted by atomic mass is 16.4. The monoisotopic (exact) mass is 1470 g/mol. The molecule has 0 bridgehead atoms. The summed E-state index contributed by atoms with van der Waals surface area (Å²) >= 11 is 0. The molecule has 0 saturated carbocycles. The van der Waals surface area contributed by atoms with Gasteiger partial charge in [-0.1, -0.05) is 84.9 Å². The quantitative estimate of drug-likeness (QED) is 0.0186. The number of hydrogen-bond acceptors (Lipinski definition) is 13. The van der Waals surface area contributed by atoms with Gasteiger partial charge in [0.1, 0.15) is 18.1 Å². The van der Waals surface area contributed by atoms with Crippen molar-refractivity contribution in [3.63, 3.8) is 0 Å². The molecule has 30 heteroatoms. The van der Waals surface area contributed by atoms with E-state index in [9.17, 15) is 108 Å². The van der Waals surface area contributed by atoms with Crippen LogP contribution in [0, 0.1) is 0 Å². The molecule has 0 saturated heterocycles. The molecule has 0 aliphatic heterocycles. The molecule has 550 valence electrons. The van der Waals surface area contributed by atoms with Gasteiger partial charge < -0.3 is 87.5 Å². The number of rotatable bonds is 32. The van der Waals surface area contributed by atoms with Crippen LogP contribution in [0.4, 0.5) is 10.5 Å². The first-order chi connectivity index (χ1) is 51.5. The molecule has 3 aromatic heterocycles. The van der Waals surface area contributed by atoms with E-state index in [-0.39, 0.29) is 56.1 Å². The molecule has 11 rings (SSSR count). The molecule has 17 N–H and O–H groups in total. The minimum absolute atomic E-state index is 0.0355. The van der Waals surface area contributed by atoms with Gasteiger partial charge in [-0.15, -0.1) is 0 Å². The number of aromatic nitrogens is 3. The number of carbonyl (C=O) groups excluding carboxylic acids is 4. The molecule has 3 heterocycles. The first-order valence-electron chi connectivity index (χ1n) is 33.3. The van der Waals surface area contributed by atoms with E-state index >= 15 is 0 Å².